The highest BCUT2D eigenvalue weighted by Gasteiger charge is 2.14. The Morgan fingerprint density at radius 1 is 1.07 bits per heavy atom. The van der Waals surface area contributed by atoms with Gasteiger partial charge in [-0.2, -0.15) is 5.10 Å². The van der Waals surface area contributed by atoms with Crippen LogP contribution in [0.3, 0.4) is 0 Å². The van der Waals surface area contributed by atoms with E-state index in [0.29, 0.717) is 17.6 Å². The minimum Gasteiger partial charge on any atom is -0.350 e. The average Bonchev–Trinajstić information content (AvgIpc) is 3.13. The van der Waals surface area contributed by atoms with Crippen molar-refractivity contribution in [2.24, 2.45) is 7.05 Å². The summed E-state index contributed by atoms with van der Waals surface area (Å²) in [7, 11) is 3.88. The highest BCUT2D eigenvalue weighted by Crippen LogP contribution is 2.10. The number of aryl methyl sites for hydroxylation is 1. The second-order valence-electron chi connectivity index (χ2n) is 7.86. The van der Waals surface area contributed by atoms with Crippen molar-refractivity contribution >= 4 is 16.9 Å². The minimum absolute atomic E-state index is 0.0713. The van der Waals surface area contributed by atoms with Crippen molar-refractivity contribution in [3.63, 3.8) is 0 Å². The van der Waals surface area contributed by atoms with Crippen LogP contribution in [-0.2, 0) is 31.5 Å². The van der Waals surface area contributed by atoms with Gasteiger partial charge in [0.2, 0.25) is 5.91 Å². The molecule has 0 spiro atoms. The zero-order valence-corrected chi connectivity index (χ0v) is 17.4. The molecule has 9 nitrogen and oxygen atoms in total. The molecule has 4 rings (SSSR count). The van der Waals surface area contributed by atoms with Crippen molar-refractivity contribution in [2.75, 3.05) is 33.2 Å². The number of piperazine rings is 1. The summed E-state index contributed by atoms with van der Waals surface area (Å²) in [6, 6.07) is 8.32. The van der Waals surface area contributed by atoms with Gasteiger partial charge in [0.15, 0.2) is 5.65 Å². The summed E-state index contributed by atoms with van der Waals surface area (Å²) in [4.78, 5) is 33.8. The van der Waals surface area contributed by atoms with Crippen LogP contribution >= 0.6 is 0 Å². The monoisotopic (exact) mass is 409 g/mol. The van der Waals surface area contributed by atoms with E-state index in [9.17, 15) is 9.59 Å². The second-order valence-corrected chi connectivity index (χ2v) is 7.86. The Labute approximate surface area is 174 Å². The smallest absolute Gasteiger partial charge is 0.264 e. The van der Waals surface area contributed by atoms with Crippen LogP contribution in [0.4, 0.5) is 0 Å². The highest BCUT2D eigenvalue weighted by atomic mass is 16.2. The Bertz CT molecular complexity index is 1080. The number of nitrogens with one attached hydrogen (secondary N) is 1. The molecule has 0 unspecified atom stereocenters. The number of nitrogens with zero attached hydrogens (tertiary/aromatic N) is 6. The van der Waals surface area contributed by atoms with Gasteiger partial charge < -0.3 is 10.2 Å². The van der Waals surface area contributed by atoms with E-state index < -0.39 is 0 Å². The molecule has 2 aromatic heterocycles. The number of carbonyl (C=O) groups excluding carboxylic acids is 1. The fourth-order valence-electron chi connectivity index (χ4n) is 3.62. The molecule has 3 heterocycles. The topological polar surface area (TPSA) is 88.3 Å². The van der Waals surface area contributed by atoms with Crippen molar-refractivity contribution in [3.8, 4) is 0 Å². The van der Waals surface area contributed by atoms with Gasteiger partial charge >= 0.3 is 0 Å². The zero-order valence-electron chi connectivity index (χ0n) is 17.4. The largest absolute Gasteiger partial charge is 0.350 e. The van der Waals surface area contributed by atoms with E-state index in [4.69, 9.17) is 0 Å². The van der Waals surface area contributed by atoms with Crippen LogP contribution in [0.25, 0.3) is 11.0 Å². The Morgan fingerprint density at radius 3 is 2.50 bits per heavy atom. The van der Waals surface area contributed by atoms with E-state index in [1.807, 2.05) is 12.1 Å². The molecule has 30 heavy (non-hydrogen) atoms. The lowest BCUT2D eigenvalue weighted by atomic mass is 10.1. The maximum absolute atomic E-state index is 12.5. The molecule has 0 atom stereocenters. The number of aromatic nitrogens is 4. The van der Waals surface area contributed by atoms with Crippen molar-refractivity contribution in [2.45, 2.75) is 19.6 Å². The lowest BCUT2D eigenvalue weighted by Crippen LogP contribution is -2.43. The van der Waals surface area contributed by atoms with Crippen LogP contribution in [0.5, 0.6) is 0 Å². The third-order valence-corrected chi connectivity index (χ3v) is 5.55. The summed E-state index contributed by atoms with van der Waals surface area (Å²) >= 11 is 0. The molecule has 3 aromatic rings. The summed E-state index contributed by atoms with van der Waals surface area (Å²) < 4.78 is 2.84. The second kappa shape index (κ2) is 8.76. The summed E-state index contributed by atoms with van der Waals surface area (Å²) in [5, 5.41) is 7.31. The number of carbonyl (C=O) groups is 1. The lowest BCUT2D eigenvalue weighted by Gasteiger charge is -2.32. The van der Waals surface area contributed by atoms with Crippen molar-refractivity contribution in [1.82, 2.24) is 34.4 Å². The molecule has 1 saturated heterocycles. The molecule has 158 valence electrons. The molecule has 0 saturated carbocycles. The van der Waals surface area contributed by atoms with Crippen LogP contribution in [0.15, 0.2) is 41.6 Å². The molecule has 0 aliphatic carbocycles. The third kappa shape index (κ3) is 4.58. The van der Waals surface area contributed by atoms with E-state index in [0.717, 1.165) is 38.3 Å². The van der Waals surface area contributed by atoms with Crippen LogP contribution in [-0.4, -0.2) is 68.3 Å². The van der Waals surface area contributed by atoms with Gasteiger partial charge in [-0.05, 0) is 18.2 Å². The molecule has 1 fully saturated rings. The maximum atomic E-state index is 12.5. The first kappa shape index (κ1) is 20.2. The van der Waals surface area contributed by atoms with Crippen molar-refractivity contribution < 1.29 is 4.79 Å². The molecule has 1 aliphatic rings. The molecule has 0 radical (unpaired) electrons. The normalized spacial score (nSPS) is 15.5. The van der Waals surface area contributed by atoms with Gasteiger partial charge in [-0.1, -0.05) is 24.3 Å². The molecule has 1 aromatic carbocycles. The quantitative estimate of drug-likeness (QED) is 0.626. The number of fused-ring (bicyclic) bond motifs is 1. The Balaban J connectivity index is 1.30. The fourth-order valence-corrected chi connectivity index (χ4v) is 3.62. The number of benzene rings is 1. The average molecular weight is 409 g/mol. The number of likely N-dealkylation sites (N-methyl/N-ethyl adjacent to an activating group) is 1. The first-order valence-electron chi connectivity index (χ1n) is 10.1. The molecular formula is C21H27N7O2. The number of amides is 1. The first-order valence-corrected chi connectivity index (χ1v) is 10.1. The number of hydrogen-bond acceptors (Lipinski definition) is 6. The molecule has 0 bridgehead atoms. The van der Waals surface area contributed by atoms with E-state index in [2.05, 4.69) is 44.4 Å². The predicted octanol–water partition coefficient (Wildman–Crippen LogP) is 0.194. The van der Waals surface area contributed by atoms with Crippen LogP contribution in [0.1, 0.15) is 11.1 Å². The van der Waals surface area contributed by atoms with Crippen LogP contribution in [0, 0.1) is 0 Å². The Kier molecular flexibility index (Phi) is 5.91. The van der Waals surface area contributed by atoms with Crippen LogP contribution in [0.2, 0.25) is 0 Å². The molecular weight excluding hydrogens is 382 g/mol. The van der Waals surface area contributed by atoms with Gasteiger partial charge in [0.1, 0.15) is 18.3 Å². The van der Waals surface area contributed by atoms with Gasteiger partial charge in [-0.25, -0.2) is 4.98 Å². The molecule has 9 heteroatoms. The Morgan fingerprint density at radius 2 is 1.77 bits per heavy atom. The van der Waals surface area contributed by atoms with Gasteiger partial charge in [-0.3, -0.25) is 23.7 Å². The Hall–Kier alpha value is -3.04. The standard InChI is InChI=1S/C21H27N7O2/c1-25-7-9-27(10-8-25)13-17-5-3-16(4-6-17)11-22-19(29)14-28-15-23-20-18(21(28)30)12-24-26(20)2/h3-6,12,15H,7-11,13-14H2,1-2H3,(H,22,29). The minimum atomic E-state index is -0.267. The SMILES string of the molecule is CN1CCN(Cc2ccc(CNC(=O)Cn3cnc4c(cnn4C)c3=O)cc2)CC1. The summed E-state index contributed by atoms with van der Waals surface area (Å²) in [5.41, 5.74) is 2.54. The zero-order chi connectivity index (χ0) is 21.1. The highest BCUT2D eigenvalue weighted by molar-refractivity contribution is 5.77. The third-order valence-electron chi connectivity index (χ3n) is 5.55. The molecule has 1 amide bonds. The van der Waals surface area contributed by atoms with E-state index >= 15 is 0 Å². The summed E-state index contributed by atoms with van der Waals surface area (Å²) in [6.45, 7) is 5.70. The van der Waals surface area contributed by atoms with Gasteiger partial charge in [0.25, 0.3) is 5.56 Å². The van der Waals surface area contributed by atoms with E-state index in [1.54, 1.807) is 7.05 Å². The number of hydrogen-bond donors (Lipinski definition) is 1. The summed E-state index contributed by atoms with van der Waals surface area (Å²) in [6.07, 6.45) is 2.86. The van der Waals surface area contributed by atoms with E-state index in [-0.39, 0.29) is 18.0 Å². The first-order chi connectivity index (χ1) is 14.5. The number of rotatable bonds is 6. The van der Waals surface area contributed by atoms with Gasteiger partial charge in [0.05, 0.1) is 6.20 Å². The summed E-state index contributed by atoms with van der Waals surface area (Å²) in [5.74, 6) is -0.233. The van der Waals surface area contributed by atoms with Crippen LogP contribution < -0.4 is 10.9 Å². The lowest BCUT2D eigenvalue weighted by molar-refractivity contribution is -0.121. The van der Waals surface area contributed by atoms with Crippen molar-refractivity contribution in [1.29, 1.82) is 0 Å². The predicted molar refractivity (Wildman–Crippen MR) is 114 cm³/mol. The van der Waals surface area contributed by atoms with E-state index in [1.165, 1.54) is 27.3 Å². The maximum Gasteiger partial charge on any atom is 0.264 e. The molecule has 1 aliphatic heterocycles. The molecule has 1 N–H and O–H groups in total. The fraction of sp³-hybridized carbons (Fsp3) is 0.429. The van der Waals surface area contributed by atoms with Crippen molar-refractivity contribution in [3.05, 3.63) is 58.3 Å². The van der Waals surface area contributed by atoms with Gasteiger partial charge in [0, 0.05) is 46.3 Å². The van der Waals surface area contributed by atoms with Gasteiger partial charge in [-0.15, -0.1) is 0 Å².